The smallest absolute Gasteiger partial charge is 0.165 e. The number of hydrogen-bond acceptors (Lipinski definition) is 5. The molecule has 25 heavy (non-hydrogen) atoms. The molecule has 134 valence electrons. The molecule has 1 aromatic carbocycles. The van der Waals surface area contributed by atoms with Crippen LogP contribution in [0.5, 0.6) is 11.5 Å². The zero-order valence-electron chi connectivity index (χ0n) is 14.6. The fourth-order valence-electron chi connectivity index (χ4n) is 3.80. The highest BCUT2D eigenvalue weighted by molar-refractivity contribution is 5.47. The summed E-state index contributed by atoms with van der Waals surface area (Å²) in [7, 11) is 1.93. The molecular weight excluding hydrogens is 318 g/mol. The number of aromatic nitrogens is 2. The van der Waals surface area contributed by atoms with Crippen molar-refractivity contribution < 1.29 is 14.6 Å². The van der Waals surface area contributed by atoms with E-state index < -0.39 is 6.10 Å². The van der Waals surface area contributed by atoms with Crippen molar-refractivity contribution in [3.63, 3.8) is 0 Å². The van der Waals surface area contributed by atoms with Gasteiger partial charge in [0.15, 0.2) is 11.5 Å². The molecule has 2 aromatic rings. The highest BCUT2D eigenvalue weighted by atomic mass is 16.6. The van der Waals surface area contributed by atoms with Crippen LogP contribution in [0.1, 0.15) is 30.3 Å². The summed E-state index contributed by atoms with van der Waals surface area (Å²) in [5, 5.41) is 10.6. The predicted octanol–water partition coefficient (Wildman–Crippen LogP) is 2.14. The van der Waals surface area contributed by atoms with Crippen LogP contribution in [0.25, 0.3) is 0 Å². The van der Waals surface area contributed by atoms with E-state index in [0.29, 0.717) is 13.2 Å². The van der Waals surface area contributed by atoms with Crippen LogP contribution in [-0.4, -0.2) is 45.9 Å². The van der Waals surface area contributed by atoms with Gasteiger partial charge in [-0.25, -0.2) is 4.98 Å². The van der Waals surface area contributed by atoms with E-state index in [4.69, 9.17) is 9.47 Å². The topological polar surface area (TPSA) is 59.8 Å². The van der Waals surface area contributed by atoms with Gasteiger partial charge in [0.05, 0.1) is 0 Å². The van der Waals surface area contributed by atoms with Crippen LogP contribution in [0.15, 0.2) is 30.6 Å². The summed E-state index contributed by atoms with van der Waals surface area (Å²) in [6.45, 7) is 4.03. The van der Waals surface area contributed by atoms with Crippen molar-refractivity contribution in [2.24, 2.45) is 13.0 Å². The number of fused-ring (bicyclic) bond motifs is 1. The lowest BCUT2D eigenvalue weighted by molar-refractivity contribution is 0.0487. The van der Waals surface area contributed by atoms with Gasteiger partial charge in [0.1, 0.15) is 25.1 Å². The monoisotopic (exact) mass is 343 g/mol. The third-order valence-corrected chi connectivity index (χ3v) is 5.24. The second kappa shape index (κ2) is 7.06. The number of aliphatic hydroxyl groups excluding tert-OH is 1. The minimum absolute atomic E-state index is 0.265. The molecule has 2 aliphatic rings. The molecule has 1 atom stereocenters. The minimum Gasteiger partial charge on any atom is -0.486 e. The Morgan fingerprint density at radius 1 is 1.24 bits per heavy atom. The Bertz CT molecular complexity index is 722. The number of rotatable bonds is 4. The number of aliphatic hydroxyl groups is 1. The first-order chi connectivity index (χ1) is 12.2. The summed E-state index contributed by atoms with van der Waals surface area (Å²) in [4.78, 5) is 6.72. The van der Waals surface area contributed by atoms with E-state index >= 15 is 0 Å². The molecule has 0 aliphatic carbocycles. The van der Waals surface area contributed by atoms with E-state index in [1.54, 1.807) is 6.20 Å². The maximum Gasteiger partial charge on any atom is 0.165 e. The minimum atomic E-state index is -0.483. The van der Waals surface area contributed by atoms with E-state index in [1.165, 1.54) is 5.56 Å². The maximum atomic E-state index is 10.6. The first-order valence-electron chi connectivity index (χ1n) is 8.97. The van der Waals surface area contributed by atoms with Gasteiger partial charge < -0.3 is 19.1 Å². The van der Waals surface area contributed by atoms with Gasteiger partial charge in [0.25, 0.3) is 0 Å². The first-order valence-corrected chi connectivity index (χ1v) is 8.97. The van der Waals surface area contributed by atoms with Gasteiger partial charge in [0, 0.05) is 31.5 Å². The number of benzene rings is 1. The van der Waals surface area contributed by atoms with Crippen molar-refractivity contribution in [3.05, 3.63) is 42.0 Å². The molecule has 2 aliphatic heterocycles. The van der Waals surface area contributed by atoms with Crippen LogP contribution in [-0.2, 0) is 13.6 Å². The highest BCUT2D eigenvalue weighted by Crippen LogP contribution is 2.35. The van der Waals surface area contributed by atoms with E-state index in [9.17, 15) is 5.11 Å². The molecule has 0 radical (unpaired) electrons. The van der Waals surface area contributed by atoms with Gasteiger partial charge in [-0.05, 0) is 37.9 Å². The summed E-state index contributed by atoms with van der Waals surface area (Å²) >= 11 is 0. The zero-order chi connectivity index (χ0) is 17.2. The molecule has 0 unspecified atom stereocenters. The summed E-state index contributed by atoms with van der Waals surface area (Å²) < 4.78 is 13.4. The Morgan fingerprint density at radius 3 is 2.80 bits per heavy atom. The molecule has 0 bridgehead atoms. The second-order valence-electron chi connectivity index (χ2n) is 6.90. The lowest BCUT2D eigenvalue weighted by Crippen LogP contribution is -2.35. The molecule has 6 heteroatoms. The molecule has 0 spiro atoms. The van der Waals surface area contributed by atoms with Gasteiger partial charge in [-0.2, -0.15) is 0 Å². The number of piperidine rings is 1. The van der Waals surface area contributed by atoms with Crippen LogP contribution < -0.4 is 9.47 Å². The fraction of sp³-hybridized carbons (Fsp3) is 0.526. The molecule has 0 amide bonds. The van der Waals surface area contributed by atoms with Crippen molar-refractivity contribution >= 4 is 0 Å². The molecular formula is C19H25N3O3. The summed E-state index contributed by atoms with van der Waals surface area (Å²) in [5.74, 6) is 2.77. The van der Waals surface area contributed by atoms with Gasteiger partial charge in [-0.15, -0.1) is 0 Å². The Kier molecular flexibility index (Phi) is 4.63. The Balaban J connectivity index is 1.37. The van der Waals surface area contributed by atoms with E-state index in [1.807, 2.05) is 29.9 Å². The molecule has 3 heterocycles. The van der Waals surface area contributed by atoms with Crippen molar-refractivity contribution in [1.29, 1.82) is 0 Å². The lowest BCUT2D eigenvalue weighted by atomic mass is 9.90. The van der Waals surface area contributed by atoms with Gasteiger partial charge in [-0.3, -0.25) is 4.90 Å². The average Bonchev–Trinajstić information content (AvgIpc) is 3.08. The van der Waals surface area contributed by atoms with Crippen LogP contribution in [0.2, 0.25) is 0 Å². The maximum absolute atomic E-state index is 10.6. The summed E-state index contributed by atoms with van der Waals surface area (Å²) in [6.07, 6.45) is 5.09. The number of hydrogen-bond donors (Lipinski definition) is 1. The van der Waals surface area contributed by atoms with Crippen LogP contribution in [0.3, 0.4) is 0 Å². The number of ether oxygens (including phenoxy) is 2. The summed E-state index contributed by atoms with van der Waals surface area (Å²) in [6, 6.07) is 6.11. The number of nitrogens with zero attached hydrogens (tertiary/aromatic N) is 3. The van der Waals surface area contributed by atoms with Crippen LogP contribution in [0.4, 0.5) is 0 Å². The zero-order valence-corrected chi connectivity index (χ0v) is 14.6. The quantitative estimate of drug-likeness (QED) is 0.922. The van der Waals surface area contributed by atoms with E-state index in [2.05, 4.69) is 16.0 Å². The number of para-hydroxylation sites is 1. The van der Waals surface area contributed by atoms with Gasteiger partial charge in [0.2, 0.25) is 0 Å². The molecule has 1 saturated heterocycles. The molecule has 0 saturated carbocycles. The molecule has 1 fully saturated rings. The van der Waals surface area contributed by atoms with Crippen molar-refractivity contribution in [2.75, 3.05) is 26.3 Å². The molecule has 6 nitrogen and oxygen atoms in total. The Morgan fingerprint density at radius 2 is 2.04 bits per heavy atom. The Labute approximate surface area is 148 Å². The third-order valence-electron chi connectivity index (χ3n) is 5.24. The van der Waals surface area contributed by atoms with Gasteiger partial charge >= 0.3 is 0 Å². The highest BCUT2D eigenvalue weighted by Gasteiger charge is 2.29. The van der Waals surface area contributed by atoms with Crippen LogP contribution >= 0.6 is 0 Å². The third kappa shape index (κ3) is 3.37. The number of aryl methyl sites for hydroxylation is 1. The first kappa shape index (κ1) is 16.4. The predicted molar refractivity (Wildman–Crippen MR) is 93.6 cm³/mol. The SMILES string of the molecule is Cn1ccnc1[C@@H](O)C1CCN(Cc2cccc3c2OCCO3)CC1. The average molecular weight is 343 g/mol. The standard InChI is InChI=1S/C19H25N3O3/c1-21-10-7-20-19(21)17(23)14-5-8-22(9-6-14)13-15-3-2-4-16-18(15)25-12-11-24-16/h2-4,7,10,14,17,23H,5-6,8-9,11-13H2,1H3/t17-/m0/s1. The normalized spacial score (nSPS) is 19.8. The van der Waals surface area contributed by atoms with Gasteiger partial charge in [-0.1, -0.05) is 12.1 Å². The molecule has 1 N–H and O–H groups in total. The fourth-order valence-corrected chi connectivity index (χ4v) is 3.80. The number of likely N-dealkylation sites (tertiary alicyclic amines) is 1. The largest absolute Gasteiger partial charge is 0.486 e. The summed E-state index contributed by atoms with van der Waals surface area (Å²) in [5.41, 5.74) is 1.18. The lowest BCUT2D eigenvalue weighted by Gasteiger charge is -2.34. The van der Waals surface area contributed by atoms with E-state index in [-0.39, 0.29) is 5.92 Å². The molecule has 4 rings (SSSR count). The van der Waals surface area contributed by atoms with Crippen molar-refractivity contribution in [1.82, 2.24) is 14.5 Å². The van der Waals surface area contributed by atoms with E-state index in [0.717, 1.165) is 49.8 Å². The Hall–Kier alpha value is -2.05. The van der Waals surface area contributed by atoms with Crippen molar-refractivity contribution in [2.45, 2.75) is 25.5 Å². The van der Waals surface area contributed by atoms with Crippen LogP contribution in [0, 0.1) is 5.92 Å². The second-order valence-corrected chi connectivity index (χ2v) is 6.90. The number of imidazole rings is 1. The van der Waals surface area contributed by atoms with Crippen molar-refractivity contribution in [3.8, 4) is 11.5 Å². The molecule has 1 aromatic heterocycles.